The molecule has 1 N–H and O–H groups in total. The molecule has 0 aromatic carbocycles. The Bertz CT molecular complexity index is 232. The standard InChI is InChI=1S/C6H9BN2O2P/c1-3-11-5(10)4-7-9-6(8-4)12-2/h4H,2-3H2,1H3,(H,8,9). The highest BCUT2D eigenvalue weighted by atomic mass is 31.1. The van der Waals surface area contributed by atoms with Gasteiger partial charge in [-0.1, -0.05) is 6.30 Å². The first-order valence-electron chi connectivity index (χ1n) is 3.59. The summed E-state index contributed by atoms with van der Waals surface area (Å²) in [6.45, 7) is 2.16. The highest BCUT2D eigenvalue weighted by molar-refractivity contribution is 7.56. The molecule has 0 saturated carbocycles. The van der Waals surface area contributed by atoms with Crippen molar-refractivity contribution in [3.63, 3.8) is 0 Å². The van der Waals surface area contributed by atoms with Crippen molar-refractivity contribution < 1.29 is 9.53 Å². The number of carbonyl (C=O) groups is 1. The number of esters is 1. The summed E-state index contributed by atoms with van der Waals surface area (Å²) in [5, 5.41) is 2.87. The van der Waals surface area contributed by atoms with E-state index in [0.29, 0.717) is 12.2 Å². The fourth-order valence-electron chi connectivity index (χ4n) is 0.797. The smallest absolute Gasteiger partial charge is 0.322 e. The Morgan fingerprint density at radius 2 is 2.75 bits per heavy atom. The molecule has 4 nitrogen and oxygen atoms in total. The van der Waals surface area contributed by atoms with Crippen molar-refractivity contribution in [2.24, 2.45) is 4.90 Å². The zero-order valence-corrected chi connectivity index (χ0v) is 7.67. The Morgan fingerprint density at radius 3 is 3.25 bits per heavy atom. The van der Waals surface area contributed by atoms with Crippen LogP contribution >= 0.6 is 8.20 Å². The van der Waals surface area contributed by atoms with Crippen LogP contribution in [0.25, 0.3) is 0 Å². The van der Waals surface area contributed by atoms with E-state index in [9.17, 15) is 4.79 Å². The number of nitrogens with one attached hydrogen (secondary N) is 1. The zero-order chi connectivity index (χ0) is 8.97. The molecule has 6 heteroatoms. The lowest BCUT2D eigenvalue weighted by atomic mass is 9.85. The highest BCUT2D eigenvalue weighted by Crippen LogP contribution is 2.03. The minimum atomic E-state index is -0.422. The minimum Gasteiger partial charge on any atom is -0.465 e. The molecule has 1 unspecified atom stereocenters. The Morgan fingerprint density at radius 1 is 2.00 bits per heavy atom. The molecule has 0 fully saturated rings. The van der Waals surface area contributed by atoms with Gasteiger partial charge in [-0.15, -0.1) is 0 Å². The highest BCUT2D eigenvalue weighted by Gasteiger charge is 2.26. The summed E-state index contributed by atoms with van der Waals surface area (Å²) in [5.41, 5.74) is 0.702. The summed E-state index contributed by atoms with van der Waals surface area (Å²) >= 11 is 0. The summed E-state index contributed by atoms with van der Waals surface area (Å²) in [6, 6.07) is 0. The summed E-state index contributed by atoms with van der Waals surface area (Å²) in [6.07, 6.45) is 3.61. The number of rotatable bonds is 3. The number of nitrogens with zero attached hydrogens (tertiary/aromatic N) is 1. The van der Waals surface area contributed by atoms with Gasteiger partial charge in [0, 0.05) is 0 Å². The van der Waals surface area contributed by atoms with Crippen LogP contribution in [-0.4, -0.2) is 37.8 Å². The predicted octanol–water partition coefficient (Wildman–Crippen LogP) is -0.168. The number of amidine groups is 1. The van der Waals surface area contributed by atoms with Gasteiger partial charge in [-0.05, 0) is 15.1 Å². The van der Waals surface area contributed by atoms with Gasteiger partial charge in [0.1, 0.15) is 11.5 Å². The summed E-state index contributed by atoms with van der Waals surface area (Å²) in [5.74, 6) is -0.714. The van der Waals surface area contributed by atoms with Crippen LogP contribution in [0.15, 0.2) is 4.90 Å². The average Bonchev–Trinajstić information content (AvgIpc) is 2.52. The van der Waals surface area contributed by atoms with Crippen LogP contribution < -0.4 is 5.32 Å². The van der Waals surface area contributed by atoms with E-state index in [-0.39, 0.29) is 5.97 Å². The Kier molecular flexibility index (Phi) is 3.29. The molecule has 0 aromatic rings. The normalized spacial score (nSPS) is 21.1. The molecule has 0 saturated heterocycles. The van der Waals surface area contributed by atoms with Gasteiger partial charge in [0.2, 0.25) is 0 Å². The fraction of sp³-hybridized carbons (Fsp3) is 0.500. The molecular formula is C6H9BN2O2P. The number of hydrogen-bond acceptors (Lipinski definition) is 4. The van der Waals surface area contributed by atoms with E-state index in [2.05, 4.69) is 16.5 Å². The zero-order valence-electron chi connectivity index (χ0n) is 6.78. The molecule has 1 aliphatic rings. The molecule has 1 heterocycles. The third-order valence-electron chi connectivity index (χ3n) is 1.32. The summed E-state index contributed by atoms with van der Waals surface area (Å²) < 4.78 is 4.79. The third-order valence-corrected chi connectivity index (χ3v) is 1.86. The maximum Gasteiger partial charge on any atom is 0.322 e. The van der Waals surface area contributed by atoms with Crippen molar-refractivity contribution in [3.05, 3.63) is 0 Å². The minimum absolute atomic E-state index is 0.292. The first kappa shape index (κ1) is 9.26. The van der Waals surface area contributed by atoms with Crippen LogP contribution in [0.1, 0.15) is 6.92 Å². The van der Waals surface area contributed by atoms with E-state index in [1.807, 2.05) is 0 Å². The second-order valence-corrected chi connectivity index (χ2v) is 2.87. The Balaban J connectivity index is 2.40. The molecule has 1 rings (SSSR count). The SMILES string of the molecule is C=PC1=N[B]C(C(=O)OCC)N1. The second kappa shape index (κ2) is 4.26. The van der Waals surface area contributed by atoms with Crippen LogP contribution in [0, 0.1) is 0 Å². The number of ether oxygens (including phenoxy) is 1. The summed E-state index contributed by atoms with van der Waals surface area (Å²) in [4.78, 5) is 15.0. The van der Waals surface area contributed by atoms with Gasteiger partial charge < -0.3 is 15.0 Å². The fourth-order valence-corrected chi connectivity index (χ4v) is 1.18. The van der Waals surface area contributed by atoms with Crippen LogP contribution in [0.5, 0.6) is 0 Å². The van der Waals surface area contributed by atoms with Gasteiger partial charge in [0.05, 0.1) is 6.61 Å². The lowest BCUT2D eigenvalue weighted by Crippen LogP contribution is -2.38. The molecule has 1 atom stereocenters. The average molecular weight is 183 g/mol. The van der Waals surface area contributed by atoms with Crippen LogP contribution in [0.3, 0.4) is 0 Å². The molecule has 0 aromatic heterocycles. The van der Waals surface area contributed by atoms with Crippen LogP contribution in [0.4, 0.5) is 0 Å². The Labute approximate surface area is 73.5 Å². The maximum atomic E-state index is 11.1. The van der Waals surface area contributed by atoms with Crippen molar-refractivity contribution in [2.75, 3.05) is 6.61 Å². The van der Waals surface area contributed by atoms with Gasteiger partial charge in [0.25, 0.3) is 0 Å². The van der Waals surface area contributed by atoms with Crippen molar-refractivity contribution in [2.45, 2.75) is 12.9 Å². The number of carbonyl (C=O) groups excluding carboxylic acids is 1. The first-order valence-corrected chi connectivity index (χ1v) is 4.67. The van der Waals surface area contributed by atoms with Gasteiger partial charge in [0.15, 0.2) is 0 Å². The van der Waals surface area contributed by atoms with E-state index in [0.717, 1.165) is 8.20 Å². The van der Waals surface area contributed by atoms with E-state index in [1.165, 1.54) is 7.41 Å². The molecule has 0 amide bonds. The number of hydrogen-bond donors (Lipinski definition) is 1. The molecule has 63 valence electrons. The second-order valence-electron chi connectivity index (χ2n) is 2.13. The van der Waals surface area contributed by atoms with E-state index < -0.39 is 5.94 Å². The lowest BCUT2D eigenvalue weighted by Gasteiger charge is -2.08. The predicted molar refractivity (Wildman–Crippen MR) is 50.8 cm³/mol. The quantitative estimate of drug-likeness (QED) is 0.375. The van der Waals surface area contributed by atoms with Gasteiger partial charge >= 0.3 is 13.4 Å². The van der Waals surface area contributed by atoms with Gasteiger partial charge in [-0.25, -0.2) is 0 Å². The molecule has 12 heavy (non-hydrogen) atoms. The van der Waals surface area contributed by atoms with Gasteiger partial charge in [-0.2, -0.15) is 0 Å². The van der Waals surface area contributed by atoms with Crippen molar-refractivity contribution >= 4 is 33.5 Å². The van der Waals surface area contributed by atoms with Crippen LogP contribution in [0.2, 0.25) is 0 Å². The topological polar surface area (TPSA) is 50.7 Å². The van der Waals surface area contributed by atoms with Crippen LogP contribution in [-0.2, 0) is 9.53 Å². The summed E-state index contributed by atoms with van der Waals surface area (Å²) in [7, 11) is 2.32. The molecular weight excluding hydrogens is 174 g/mol. The van der Waals surface area contributed by atoms with Crippen molar-refractivity contribution in [3.8, 4) is 0 Å². The molecule has 0 bridgehead atoms. The van der Waals surface area contributed by atoms with Crippen molar-refractivity contribution in [1.82, 2.24) is 5.32 Å². The molecule has 0 spiro atoms. The van der Waals surface area contributed by atoms with E-state index >= 15 is 0 Å². The molecule has 1 radical (unpaired) electrons. The maximum absolute atomic E-state index is 11.1. The van der Waals surface area contributed by atoms with Crippen molar-refractivity contribution in [1.29, 1.82) is 0 Å². The lowest BCUT2D eigenvalue weighted by molar-refractivity contribution is -0.142. The first-order chi connectivity index (χ1) is 5.77. The van der Waals surface area contributed by atoms with E-state index in [1.54, 1.807) is 6.92 Å². The Hall–Kier alpha value is -0.825. The largest absolute Gasteiger partial charge is 0.465 e. The third kappa shape index (κ3) is 2.08. The molecule has 1 aliphatic heterocycles. The monoisotopic (exact) mass is 183 g/mol. The van der Waals surface area contributed by atoms with E-state index in [4.69, 9.17) is 4.74 Å². The molecule has 0 aliphatic carbocycles. The van der Waals surface area contributed by atoms with Gasteiger partial charge in [-0.3, -0.25) is 4.79 Å².